The Morgan fingerprint density at radius 2 is 2.05 bits per heavy atom. The third kappa shape index (κ3) is 5.45. The molecule has 0 aromatic heterocycles. The lowest BCUT2D eigenvalue weighted by molar-refractivity contribution is -0.155. The highest BCUT2D eigenvalue weighted by atomic mass is 16.5. The monoisotopic (exact) mass is 292 g/mol. The number of nitrogens with one attached hydrogen (secondary N) is 1. The lowest BCUT2D eigenvalue weighted by Gasteiger charge is -2.17. The van der Waals surface area contributed by atoms with Crippen molar-refractivity contribution in [1.82, 2.24) is 5.32 Å². The Kier molecular flexibility index (Phi) is 6.72. The molecule has 0 aliphatic rings. The van der Waals surface area contributed by atoms with E-state index in [2.05, 4.69) is 5.32 Å². The number of nitrogens with two attached hydrogens (primary N) is 1. The number of esters is 1. The molecule has 1 aromatic rings. The second kappa shape index (κ2) is 8.29. The summed E-state index contributed by atoms with van der Waals surface area (Å²) in [6.07, 6.45) is 1.12. The fraction of sp³-hybridized carbons (Fsp3) is 0.500. The molecule has 0 fully saturated rings. The van der Waals surface area contributed by atoms with Crippen LogP contribution in [-0.2, 0) is 14.3 Å². The fourth-order valence-corrected chi connectivity index (χ4v) is 1.83. The molecule has 2 atom stereocenters. The Morgan fingerprint density at radius 1 is 1.33 bits per heavy atom. The van der Waals surface area contributed by atoms with Crippen LogP contribution in [0.1, 0.15) is 45.1 Å². The summed E-state index contributed by atoms with van der Waals surface area (Å²) in [6.45, 7) is 5.95. The van der Waals surface area contributed by atoms with E-state index < -0.39 is 18.0 Å². The smallest absolute Gasteiger partial charge is 0.313 e. The average molecular weight is 292 g/mol. The van der Waals surface area contributed by atoms with E-state index in [0.29, 0.717) is 12.2 Å². The van der Waals surface area contributed by atoms with E-state index in [4.69, 9.17) is 10.5 Å². The molecule has 1 aromatic carbocycles. The first-order valence-corrected chi connectivity index (χ1v) is 7.29. The van der Waals surface area contributed by atoms with E-state index in [1.807, 2.05) is 13.0 Å². The maximum atomic E-state index is 12.1. The van der Waals surface area contributed by atoms with E-state index in [-0.39, 0.29) is 5.91 Å². The zero-order chi connectivity index (χ0) is 15.8. The summed E-state index contributed by atoms with van der Waals surface area (Å²) in [5.41, 5.74) is 7.07. The van der Waals surface area contributed by atoms with Gasteiger partial charge < -0.3 is 15.8 Å². The molecule has 5 nitrogen and oxygen atoms in total. The van der Waals surface area contributed by atoms with Crippen LogP contribution in [-0.4, -0.2) is 24.5 Å². The second-order valence-corrected chi connectivity index (χ2v) is 5.12. The first-order chi connectivity index (χ1) is 9.95. The molecule has 0 aliphatic carbocycles. The third-order valence-corrected chi connectivity index (χ3v) is 3.26. The maximum absolute atomic E-state index is 12.1. The van der Waals surface area contributed by atoms with Crippen molar-refractivity contribution >= 4 is 17.6 Å². The molecule has 1 rings (SSSR count). The normalized spacial score (nSPS) is 13.3. The largest absolute Gasteiger partial charge is 0.452 e. The van der Waals surface area contributed by atoms with Gasteiger partial charge in [0.05, 0.1) is 5.92 Å². The molecule has 5 heteroatoms. The predicted molar refractivity (Wildman–Crippen MR) is 82.7 cm³/mol. The van der Waals surface area contributed by atoms with E-state index >= 15 is 0 Å². The summed E-state index contributed by atoms with van der Waals surface area (Å²) < 4.78 is 5.21. The van der Waals surface area contributed by atoms with Crippen LogP contribution in [0, 0.1) is 0 Å². The van der Waals surface area contributed by atoms with Gasteiger partial charge >= 0.3 is 5.97 Å². The number of hydrogen-bond donors (Lipinski definition) is 2. The molecule has 0 bridgehead atoms. The number of carbonyl (C=O) groups excluding carboxylic acids is 2. The highest BCUT2D eigenvalue weighted by molar-refractivity contribution is 5.85. The van der Waals surface area contributed by atoms with Gasteiger partial charge in [-0.3, -0.25) is 9.59 Å². The summed E-state index contributed by atoms with van der Waals surface area (Å²) in [7, 11) is 0. The minimum absolute atomic E-state index is 0.267. The molecule has 0 saturated carbocycles. The van der Waals surface area contributed by atoms with Crippen molar-refractivity contribution in [1.29, 1.82) is 0 Å². The van der Waals surface area contributed by atoms with Gasteiger partial charge in [0, 0.05) is 12.2 Å². The van der Waals surface area contributed by atoms with Gasteiger partial charge in [0.2, 0.25) is 0 Å². The van der Waals surface area contributed by atoms with Crippen molar-refractivity contribution in [3.63, 3.8) is 0 Å². The molecule has 2 unspecified atom stereocenters. The zero-order valence-corrected chi connectivity index (χ0v) is 12.9. The Hall–Kier alpha value is -2.04. The Bertz CT molecular complexity index is 488. The highest BCUT2D eigenvalue weighted by Gasteiger charge is 2.22. The first-order valence-electron chi connectivity index (χ1n) is 7.29. The molecule has 0 aliphatic heterocycles. The lowest BCUT2D eigenvalue weighted by Crippen LogP contribution is -2.37. The van der Waals surface area contributed by atoms with Crippen LogP contribution < -0.4 is 11.1 Å². The summed E-state index contributed by atoms with van der Waals surface area (Å²) in [5, 5.41) is 2.74. The van der Waals surface area contributed by atoms with Gasteiger partial charge in [-0.05, 0) is 38.0 Å². The third-order valence-electron chi connectivity index (χ3n) is 3.26. The van der Waals surface area contributed by atoms with Gasteiger partial charge in [-0.2, -0.15) is 0 Å². The summed E-state index contributed by atoms with van der Waals surface area (Å²) in [6, 6.07) is 7.09. The maximum Gasteiger partial charge on any atom is 0.313 e. The average Bonchev–Trinajstić information content (AvgIpc) is 2.46. The minimum atomic E-state index is -0.794. The Labute approximate surface area is 125 Å². The SMILES string of the molecule is CCCCNC(=O)C(C)OC(=O)C(C)c1cccc(N)c1. The molecule has 0 heterocycles. The van der Waals surface area contributed by atoms with Gasteiger partial charge in [0.25, 0.3) is 5.91 Å². The first kappa shape index (κ1) is 17.0. The van der Waals surface area contributed by atoms with Crippen LogP contribution in [0.15, 0.2) is 24.3 Å². The Morgan fingerprint density at radius 3 is 2.67 bits per heavy atom. The number of hydrogen-bond acceptors (Lipinski definition) is 4. The molecular weight excluding hydrogens is 268 g/mol. The van der Waals surface area contributed by atoms with Crippen LogP contribution in [0.2, 0.25) is 0 Å². The van der Waals surface area contributed by atoms with Crippen LogP contribution in [0.25, 0.3) is 0 Å². The molecule has 116 valence electrons. The molecule has 3 N–H and O–H groups in total. The number of ether oxygens (including phenoxy) is 1. The van der Waals surface area contributed by atoms with Gasteiger partial charge in [-0.25, -0.2) is 0 Å². The topological polar surface area (TPSA) is 81.4 Å². The number of carbonyl (C=O) groups is 2. The molecule has 0 saturated heterocycles. The van der Waals surface area contributed by atoms with Crippen molar-refractivity contribution in [2.75, 3.05) is 12.3 Å². The van der Waals surface area contributed by atoms with Crippen molar-refractivity contribution in [2.24, 2.45) is 0 Å². The molecular formula is C16H24N2O3. The van der Waals surface area contributed by atoms with Crippen molar-refractivity contribution in [3.8, 4) is 0 Å². The van der Waals surface area contributed by atoms with Crippen molar-refractivity contribution < 1.29 is 14.3 Å². The number of benzene rings is 1. The van der Waals surface area contributed by atoms with Gasteiger partial charge in [-0.1, -0.05) is 25.5 Å². The number of nitrogen functional groups attached to an aromatic ring is 1. The van der Waals surface area contributed by atoms with Gasteiger partial charge in [0.15, 0.2) is 6.10 Å². The van der Waals surface area contributed by atoms with E-state index in [1.54, 1.807) is 32.0 Å². The Balaban J connectivity index is 2.53. The van der Waals surface area contributed by atoms with Crippen molar-refractivity contribution in [3.05, 3.63) is 29.8 Å². The van der Waals surface area contributed by atoms with E-state index in [9.17, 15) is 9.59 Å². The quantitative estimate of drug-likeness (QED) is 0.458. The van der Waals surface area contributed by atoms with Gasteiger partial charge in [0.1, 0.15) is 0 Å². The van der Waals surface area contributed by atoms with Crippen molar-refractivity contribution in [2.45, 2.75) is 45.6 Å². The molecule has 1 amide bonds. The molecule has 21 heavy (non-hydrogen) atoms. The van der Waals surface area contributed by atoms with E-state index in [1.165, 1.54) is 0 Å². The summed E-state index contributed by atoms with van der Waals surface area (Å²) >= 11 is 0. The van der Waals surface area contributed by atoms with Crippen LogP contribution in [0.5, 0.6) is 0 Å². The standard InChI is InChI=1S/C16H24N2O3/c1-4-5-9-18-15(19)12(3)21-16(20)11(2)13-7-6-8-14(17)10-13/h6-8,10-12H,4-5,9,17H2,1-3H3,(H,18,19). The zero-order valence-electron chi connectivity index (χ0n) is 12.9. The van der Waals surface area contributed by atoms with Crippen LogP contribution in [0.4, 0.5) is 5.69 Å². The molecule has 0 radical (unpaired) electrons. The fourth-order valence-electron chi connectivity index (χ4n) is 1.83. The number of unbranched alkanes of at least 4 members (excludes halogenated alkanes) is 1. The van der Waals surface area contributed by atoms with Gasteiger partial charge in [-0.15, -0.1) is 0 Å². The minimum Gasteiger partial charge on any atom is -0.452 e. The van der Waals surface area contributed by atoms with E-state index in [0.717, 1.165) is 18.4 Å². The van der Waals surface area contributed by atoms with Crippen LogP contribution in [0.3, 0.4) is 0 Å². The lowest BCUT2D eigenvalue weighted by atomic mass is 10.0. The second-order valence-electron chi connectivity index (χ2n) is 5.12. The number of rotatable bonds is 7. The number of amides is 1. The summed E-state index contributed by atoms with van der Waals surface area (Å²) in [4.78, 5) is 23.8. The number of anilines is 1. The predicted octanol–water partition coefficient (Wildman–Crippen LogP) is 2.22. The molecule has 0 spiro atoms. The van der Waals surface area contributed by atoms with Crippen LogP contribution >= 0.6 is 0 Å². The summed E-state index contributed by atoms with van der Waals surface area (Å²) in [5.74, 6) is -1.16. The highest BCUT2D eigenvalue weighted by Crippen LogP contribution is 2.19.